The summed E-state index contributed by atoms with van der Waals surface area (Å²) < 4.78 is 10.6. The molecule has 10 heteroatoms. The molecule has 2 aromatic carbocycles. The standard InChI is InChI=1S/C19H19ClN6O3/c1-28-13-6-7-15(29-2)14(9-13)24-17-16(21)18(23-10-22-17)25-26-19(27)11-4-3-5-12(20)8-11/h3-10H,21H2,1-2H3,(H,26,27)(H2,22,23,24,25). The van der Waals surface area contributed by atoms with Gasteiger partial charge in [0.2, 0.25) is 0 Å². The van der Waals surface area contributed by atoms with E-state index in [1.807, 2.05) is 0 Å². The lowest BCUT2D eigenvalue weighted by atomic mass is 10.2. The number of rotatable bonds is 7. The summed E-state index contributed by atoms with van der Waals surface area (Å²) in [6.07, 6.45) is 1.30. The highest BCUT2D eigenvalue weighted by Crippen LogP contribution is 2.33. The first-order valence-corrected chi connectivity index (χ1v) is 8.81. The highest BCUT2D eigenvalue weighted by atomic mass is 35.5. The van der Waals surface area contributed by atoms with Gasteiger partial charge in [-0.15, -0.1) is 0 Å². The molecule has 0 radical (unpaired) electrons. The van der Waals surface area contributed by atoms with Gasteiger partial charge < -0.3 is 20.5 Å². The fraction of sp³-hybridized carbons (Fsp3) is 0.105. The first-order valence-electron chi connectivity index (χ1n) is 8.43. The van der Waals surface area contributed by atoms with Gasteiger partial charge in [0.25, 0.3) is 5.91 Å². The van der Waals surface area contributed by atoms with Gasteiger partial charge in [0, 0.05) is 16.7 Å². The molecule has 1 aromatic heterocycles. The predicted octanol–water partition coefficient (Wildman–Crippen LogP) is 3.23. The minimum atomic E-state index is -0.394. The van der Waals surface area contributed by atoms with Crippen LogP contribution in [0.15, 0.2) is 48.8 Å². The van der Waals surface area contributed by atoms with Gasteiger partial charge in [0.1, 0.15) is 23.5 Å². The third-order valence-corrected chi connectivity index (χ3v) is 4.16. The molecule has 0 saturated heterocycles. The number of nitrogens with one attached hydrogen (secondary N) is 3. The van der Waals surface area contributed by atoms with Gasteiger partial charge in [-0.05, 0) is 30.3 Å². The third kappa shape index (κ3) is 4.77. The number of hydrogen-bond donors (Lipinski definition) is 4. The second-order valence-electron chi connectivity index (χ2n) is 5.77. The number of benzene rings is 2. The molecule has 1 heterocycles. The Bertz CT molecular complexity index is 1030. The van der Waals surface area contributed by atoms with E-state index in [0.717, 1.165) is 0 Å². The number of amides is 1. The van der Waals surface area contributed by atoms with Crippen LogP contribution < -0.4 is 31.4 Å². The number of hydrazine groups is 1. The number of ether oxygens (including phenoxy) is 2. The van der Waals surface area contributed by atoms with Gasteiger partial charge in [-0.2, -0.15) is 0 Å². The zero-order chi connectivity index (χ0) is 20.8. The van der Waals surface area contributed by atoms with Gasteiger partial charge in [0.15, 0.2) is 11.6 Å². The number of nitrogens with two attached hydrogens (primary N) is 1. The van der Waals surface area contributed by atoms with E-state index in [2.05, 4.69) is 26.1 Å². The lowest BCUT2D eigenvalue weighted by Gasteiger charge is -2.15. The third-order valence-electron chi connectivity index (χ3n) is 3.92. The molecule has 0 unspecified atom stereocenters. The molecular weight excluding hydrogens is 396 g/mol. The quantitative estimate of drug-likeness (QED) is 0.434. The van der Waals surface area contributed by atoms with Gasteiger partial charge >= 0.3 is 0 Å². The first kappa shape index (κ1) is 20.0. The van der Waals surface area contributed by atoms with Gasteiger partial charge in [0.05, 0.1) is 19.9 Å². The molecule has 0 bridgehead atoms. The molecule has 150 valence electrons. The number of anilines is 4. The highest BCUT2D eigenvalue weighted by Gasteiger charge is 2.13. The number of carbonyl (C=O) groups excluding carboxylic acids is 1. The van der Waals surface area contributed by atoms with E-state index >= 15 is 0 Å². The van der Waals surface area contributed by atoms with E-state index < -0.39 is 5.91 Å². The van der Waals surface area contributed by atoms with Gasteiger partial charge in [-0.25, -0.2) is 9.97 Å². The molecule has 9 nitrogen and oxygen atoms in total. The van der Waals surface area contributed by atoms with E-state index in [1.165, 1.54) is 6.33 Å². The molecule has 29 heavy (non-hydrogen) atoms. The number of nitrogens with zero attached hydrogens (tertiary/aromatic N) is 2. The number of methoxy groups -OCH3 is 2. The van der Waals surface area contributed by atoms with Crippen molar-refractivity contribution in [2.75, 3.05) is 30.7 Å². The normalized spacial score (nSPS) is 10.2. The lowest BCUT2D eigenvalue weighted by Crippen LogP contribution is -2.30. The van der Waals surface area contributed by atoms with Crippen molar-refractivity contribution in [1.29, 1.82) is 0 Å². The van der Waals surface area contributed by atoms with Crippen molar-refractivity contribution in [2.45, 2.75) is 0 Å². The minimum Gasteiger partial charge on any atom is -0.497 e. The van der Waals surface area contributed by atoms with Crippen molar-refractivity contribution >= 4 is 40.5 Å². The average Bonchev–Trinajstić information content (AvgIpc) is 2.74. The smallest absolute Gasteiger partial charge is 0.269 e. The molecule has 0 atom stereocenters. The van der Waals surface area contributed by atoms with E-state index in [9.17, 15) is 4.79 Å². The zero-order valence-electron chi connectivity index (χ0n) is 15.7. The molecule has 0 fully saturated rings. The van der Waals surface area contributed by atoms with Gasteiger partial charge in [-0.1, -0.05) is 17.7 Å². The second-order valence-corrected chi connectivity index (χ2v) is 6.20. The molecule has 0 aliphatic carbocycles. The first-order chi connectivity index (χ1) is 14.0. The van der Waals surface area contributed by atoms with Crippen molar-refractivity contribution in [1.82, 2.24) is 15.4 Å². The van der Waals surface area contributed by atoms with Gasteiger partial charge in [-0.3, -0.25) is 15.6 Å². The van der Waals surface area contributed by atoms with Crippen molar-refractivity contribution in [3.8, 4) is 11.5 Å². The Morgan fingerprint density at radius 2 is 1.86 bits per heavy atom. The van der Waals surface area contributed by atoms with Crippen LogP contribution in [0.2, 0.25) is 5.02 Å². The molecule has 0 aliphatic rings. The fourth-order valence-corrected chi connectivity index (χ4v) is 2.64. The molecule has 1 amide bonds. The molecular formula is C19H19ClN6O3. The number of halogens is 1. The van der Waals surface area contributed by atoms with Crippen molar-refractivity contribution in [2.24, 2.45) is 0 Å². The van der Waals surface area contributed by atoms with E-state index in [4.69, 9.17) is 26.8 Å². The molecule has 0 spiro atoms. The zero-order valence-corrected chi connectivity index (χ0v) is 16.4. The Hall–Kier alpha value is -3.72. The fourth-order valence-electron chi connectivity index (χ4n) is 2.45. The lowest BCUT2D eigenvalue weighted by molar-refractivity contribution is 0.0962. The van der Waals surface area contributed by atoms with Crippen LogP contribution in [0, 0.1) is 0 Å². The molecule has 0 aliphatic heterocycles. The second kappa shape index (κ2) is 8.98. The van der Waals surface area contributed by atoms with Crippen LogP contribution in [0.5, 0.6) is 11.5 Å². The average molecular weight is 415 g/mol. The molecule has 5 N–H and O–H groups in total. The van der Waals surface area contributed by atoms with Crippen LogP contribution in [0.3, 0.4) is 0 Å². The Kier molecular flexibility index (Phi) is 6.20. The Morgan fingerprint density at radius 1 is 1.07 bits per heavy atom. The summed E-state index contributed by atoms with van der Waals surface area (Å²) in [5.74, 6) is 1.36. The summed E-state index contributed by atoms with van der Waals surface area (Å²) in [6, 6.07) is 11.8. The van der Waals surface area contributed by atoms with E-state index in [-0.39, 0.29) is 11.5 Å². The maximum Gasteiger partial charge on any atom is 0.269 e. The topological polar surface area (TPSA) is 123 Å². The number of hydrogen-bond acceptors (Lipinski definition) is 8. The summed E-state index contributed by atoms with van der Waals surface area (Å²) in [5, 5.41) is 3.54. The summed E-state index contributed by atoms with van der Waals surface area (Å²) in [4.78, 5) is 20.5. The molecule has 0 saturated carbocycles. The van der Waals surface area contributed by atoms with Crippen LogP contribution in [0.4, 0.5) is 23.0 Å². The summed E-state index contributed by atoms with van der Waals surface area (Å²) in [5.41, 5.74) is 12.6. The number of carbonyl (C=O) groups is 1. The highest BCUT2D eigenvalue weighted by molar-refractivity contribution is 6.30. The largest absolute Gasteiger partial charge is 0.497 e. The van der Waals surface area contributed by atoms with Crippen molar-refractivity contribution in [3.63, 3.8) is 0 Å². The minimum absolute atomic E-state index is 0.198. The van der Waals surface area contributed by atoms with E-state index in [0.29, 0.717) is 33.6 Å². The van der Waals surface area contributed by atoms with Crippen LogP contribution in [0.25, 0.3) is 0 Å². The van der Waals surface area contributed by atoms with Crippen molar-refractivity contribution in [3.05, 3.63) is 59.4 Å². The summed E-state index contributed by atoms with van der Waals surface area (Å²) >= 11 is 5.91. The Labute approximate surface area is 172 Å². The predicted molar refractivity (Wildman–Crippen MR) is 112 cm³/mol. The van der Waals surface area contributed by atoms with Crippen LogP contribution in [-0.4, -0.2) is 30.1 Å². The Balaban J connectivity index is 1.77. The SMILES string of the molecule is COc1ccc(OC)c(Nc2ncnc(NNC(=O)c3cccc(Cl)c3)c2N)c1. The van der Waals surface area contributed by atoms with Crippen LogP contribution in [0.1, 0.15) is 10.4 Å². The van der Waals surface area contributed by atoms with Crippen LogP contribution in [-0.2, 0) is 0 Å². The maximum absolute atomic E-state index is 12.2. The van der Waals surface area contributed by atoms with E-state index in [1.54, 1.807) is 56.7 Å². The Morgan fingerprint density at radius 3 is 2.59 bits per heavy atom. The number of aromatic nitrogens is 2. The number of nitrogen functional groups attached to an aromatic ring is 1. The maximum atomic E-state index is 12.2. The monoisotopic (exact) mass is 414 g/mol. The van der Waals surface area contributed by atoms with Crippen molar-refractivity contribution < 1.29 is 14.3 Å². The van der Waals surface area contributed by atoms with Crippen LogP contribution >= 0.6 is 11.6 Å². The molecule has 3 aromatic rings. The molecule has 3 rings (SSSR count). The summed E-state index contributed by atoms with van der Waals surface area (Å²) in [7, 11) is 3.12. The summed E-state index contributed by atoms with van der Waals surface area (Å²) in [6.45, 7) is 0.